The third-order valence-corrected chi connectivity index (χ3v) is 1.72. The van der Waals surface area contributed by atoms with Gasteiger partial charge in [0.25, 0.3) is 0 Å². The average molecular weight is 111 g/mol. The van der Waals surface area contributed by atoms with Gasteiger partial charge in [-0.1, -0.05) is 6.92 Å². The number of aliphatic imine (C=N–C) groups is 1. The SMILES string of the molecule is CCC1C=NC(C)C1. The zero-order chi connectivity index (χ0) is 5.98. The van der Waals surface area contributed by atoms with Crippen LogP contribution in [0.1, 0.15) is 26.7 Å². The summed E-state index contributed by atoms with van der Waals surface area (Å²) in [5.41, 5.74) is 0. The minimum absolute atomic E-state index is 0.597. The van der Waals surface area contributed by atoms with Gasteiger partial charge in [-0.25, -0.2) is 0 Å². The van der Waals surface area contributed by atoms with Crippen molar-refractivity contribution in [1.82, 2.24) is 0 Å². The van der Waals surface area contributed by atoms with E-state index in [1.165, 1.54) is 12.8 Å². The van der Waals surface area contributed by atoms with Gasteiger partial charge in [0.2, 0.25) is 0 Å². The molecular weight excluding hydrogens is 98.1 g/mol. The van der Waals surface area contributed by atoms with Crippen LogP contribution in [0, 0.1) is 5.92 Å². The molecule has 1 rings (SSSR count). The summed E-state index contributed by atoms with van der Waals surface area (Å²) >= 11 is 0. The first-order valence-corrected chi connectivity index (χ1v) is 3.36. The predicted molar refractivity (Wildman–Crippen MR) is 36.4 cm³/mol. The van der Waals surface area contributed by atoms with Crippen LogP contribution in [0.3, 0.4) is 0 Å². The van der Waals surface area contributed by atoms with Crippen molar-refractivity contribution in [2.24, 2.45) is 10.9 Å². The Hall–Kier alpha value is -0.330. The highest BCUT2D eigenvalue weighted by molar-refractivity contribution is 5.63. The number of nitrogens with zero attached hydrogens (tertiary/aromatic N) is 1. The topological polar surface area (TPSA) is 12.4 Å². The first-order valence-electron chi connectivity index (χ1n) is 3.36. The molecular formula is C7H13N. The van der Waals surface area contributed by atoms with Crippen molar-refractivity contribution in [3.05, 3.63) is 0 Å². The van der Waals surface area contributed by atoms with E-state index in [0.29, 0.717) is 6.04 Å². The standard InChI is InChI=1S/C7H13N/c1-3-7-4-6(2)8-5-7/h5-7H,3-4H2,1-2H3. The molecule has 0 aromatic heterocycles. The quantitative estimate of drug-likeness (QED) is 0.490. The number of hydrogen-bond acceptors (Lipinski definition) is 1. The van der Waals surface area contributed by atoms with Gasteiger partial charge in [0.1, 0.15) is 0 Å². The Kier molecular flexibility index (Phi) is 1.66. The van der Waals surface area contributed by atoms with Crippen LogP contribution >= 0.6 is 0 Å². The van der Waals surface area contributed by atoms with Crippen molar-refractivity contribution in [3.8, 4) is 0 Å². The van der Waals surface area contributed by atoms with E-state index >= 15 is 0 Å². The lowest BCUT2D eigenvalue weighted by Crippen LogP contribution is -1.97. The van der Waals surface area contributed by atoms with Crippen molar-refractivity contribution < 1.29 is 0 Å². The van der Waals surface area contributed by atoms with Crippen LogP contribution in [0.25, 0.3) is 0 Å². The first kappa shape index (κ1) is 5.80. The first-order chi connectivity index (χ1) is 3.83. The predicted octanol–water partition coefficient (Wildman–Crippen LogP) is 1.88. The highest BCUT2D eigenvalue weighted by atomic mass is 14.8. The second-order valence-electron chi connectivity index (χ2n) is 2.55. The minimum atomic E-state index is 0.597. The van der Waals surface area contributed by atoms with Gasteiger partial charge in [-0.3, -0.25) is 4.99 Å². The fraction of sp³-hybridized carbons (Fsp3) is 0.857. The van der Waals surface area contributed by atoms with Crippen molar-refractivity contribution in [2.75, 3.05) is 0 Å². The molecule has 0 saturated heterocycles. The highest BCUT2D eigenvalue weighted by Crippen LogP contribution is 2.16. The van der Waals surface area contributed by atoms with E-state index in [4.69, 9.17) is 0 Å². The summed E-state index contributed by atoms with van der Waals surface area (Å²) in [6.45, 7) is 4.39. The average Bonchev–Trinajstić information content (AvgIpc) is 2.14. The summed E-state index contributed by atoms with van der Waals surface area (Å²) in [5, 5.41) is 0. The van der Waals surface area contributed by atoms with Crippen molar-refractivity contribution in [1.29, 1.82) is 0 Å². The van der Waals surface area contributed by atoms with E-state index < -0.39 is 0 Å². The van der Waals surface area contributed by atoms with E-state index in [9.17, 15) is 0 Å². The van der Waals surface area contributed by atoms with Crippen LogP contribution < -0.4 is 0 Å². The second kappa shape index (κ2) is 2.29. The Morgan fingerprint density at radius 3 is 2.75 bits per heavy atom. The van der Waals surface area contributed by atoms with Gasteiger partial charge >= 0.3 is 0 Å². The molecule has 1 heterocycles. The molecule has 0 N–H and O–H groups in total. The van der Waals surface area contributed by atoms with Crippen LogP contribution in [0.4, 0.5) is 0 Å². The lowest BCUT2D eigenvalue weighted by atomic mass is 10.0. The third kappa shape index (κ3) is 1.09. The van der Waals surface area contributed by atoms with E-state index in [-0.39, 0.29) is 0 Å². The van der Waals surface area contributed by atoms with E-state index in [1.807, 2.05) is 0 Å². The molecule has 2 atom stereocenters. The lowest BCUT2D eigenvalue weighted by Gasteiger charge is -2.00. The Labute approximate surface area is 50.8 Å². The van der Waals surface area contributed by atoms with Crippen LogP contribution in [-0.4, -0.2) is 12.3 Å². The summed E-state index contributed by atoms with van der Waals surface area (Å²) in [7, 11) is 0. The molecule has 46 valence electrons. The van der Waals surface area contributed by atoms with Crippen LogP contribution in [0.2, 0.25) is 0 Å². The molecule has 1 heteroatoms. The number of hydrogen-bond donors (Lipinski definition) is 0. The molecule has 0 amide bonds. The Balaban J connectivity index is 2.34. The molecule has 2 unspecified atom stereocenters. The Bertz CT molecular complexity index is 96.6. The lowest BCUT2D eigenvalue weighted by molar-refractivity contribution is 0.591. The molecule has 1 aliphatic heterocycles. The summed E-state index contributed by atoms with van der Waals surface area (Å²) in [4.78, 5) is 4.26. The number of rotatable bonds is 1. The van der Waals surface area contributed by atoms with Crippen molar-refractivity contribution in [2.45, 2.75) is 32.7 Å². The maximum absolute atomic E-state index is 4.26. The van der Waals surface area contributed by atoms with Gasteiger partial charge in [-0.15, -0.1) is 0 Å². The van der Waals surface area contributed by atoms with Gasteiger partial charge in [-0.05, 0) is 25.7 Å². The molecule has 8 heavy (non-hydrogen) atoms. The highest BCUT2D eigenvalue weighted by Gasteiger charge is 2.13. The molecule has 0 spiro atoms. The molecule has 0 aromatic carbocycles. The van der Waals surface area contributed by atoms with E-state index in [0.717, 1.165) is 5.92 Å². The normalized spacial score (nSPS) is 36.2. The van der Waals surface area contributed by atoms with E-state index in [2.05, 4.69) is 25.1 Å². The second-order valence-corrected chi connectivity index (χ2v) is 2.55. The van der Waals surface area contributed by atoms with Crippen LogP contribution in [-0.2, 0) is 0 Å². The Morgan fingerprint density at radius 2 is 2.50 bits per heavy atom. The smallest absolute Gasteiger partial charge is 0.0473 e. The molecule has 1 aliphatic rings. The van der Waals surface area contributed by atoms with Crippen LogP contribution in [0.5, 0.6) is 0 Å². The molecule has 0 saturated carbocycles. The zero-order valence-electron chi connectivity index (χ0n) is 5.59. The maximum Gasteiger partial charge on any atom is 0.0473 e. The molecule has 0 fully saturated rings. The fourth-order valence-corrected chi connectivity index (χ4v) is 1.10. The zero-order valence-corrected chi connectivity index (χ0v) is 5.59. The summed E-state index contributed by atoms with van der Waals surface area (Å²) in [5.74, 6) is 0.782. The molecule has 0 radical (unpaired) electrons. The summed E-state index contributed by atoms with van der Waals surface area (Å²) in [6, 6.07) is 0.597. The van der Waals surface area contributed by atoms with E-state index in [1.54, 1.807) is 0 Å². The maximum atomic E-state index is 4.26. The fourth-order valence-electron chi connectivity index (χ4n) is 1.10. The van der Waals surface area contributed by atoms with Crippen LogP contribution in [0.15, 0.2) is 4.99 Å². The van der Waals surface area contributed by atoms with Gasteiger partial charge in [-0.2, -0.15) is 0 Å². The largest absolute Gasteiger partial charge is 0.294 e. The molecule has 0 aliphatic carbocycles. The molecule has 0 bridgehead atoms. The molecule has 1 nitrogen and oxygen atoms in total. The van der Waals surface area contributed by atoms with Gasteiger partial charge < -0.3 is 0 Å². The summed E-state index contributed by atoms with van der Waals surface area (Å²) < 4.78 is 0. The van der Waals surface area contributed by atoms with Crippen molar-refractivity contribution in [3.63, 3.8) is 0 Å². The third-order valence-electron chi connectivity index (χ3n) is 1.72. The van der Waals surface area contributed by atoms with Gasteiger partial charge in [0, 0.05) is 12.3 Å². The molecule has 0 aromatic rings. The van der Waals surface area contributed by atoms with Gasteiger partial charge in [0.05, 0.1) is 0 Å². The van der Waals surface area contributed by atoms with Gasteiger partial charge in [0.15, 0.2) is 0 Å². The Morgan fingerprint density at radius 1 is 1.75 bits per heavy atom. The monoisotopic (exact) mass is 111 g/mol. The van der Waals surface area contributed by atoms with Crippen molar-refractivity contribution >= 4 is 6.21 Å². The minimum Gasteiger partial charge on any atom is -0.294 e. The summed E-state index contributed by atoms with van der Waals surface area (Å²) in [6.07, 6.45) is 4.63.